The summed E-state index contributed by atoms with van der Waals surface area (Å²) in [5, 5.41) is 42.9. The number of likely N-dealkylation sites (tertiary alicyclic amines) is 1. The van der Waals surface area contributed by atoms with Gasteiger partial charge in [-0.15, -0.1) is 0 Å². The summed E-state index contributed by atoms with van der Waals surface area (Å²) >= 11 is 0. The highest BCUT2D eigenvalue weighted by Gasteiger charge is 2.41. The van der Waals surface area contributed by atoms with Crippen molar-refractivity contribution in [2.45, 2.75) is 173 Å². The number of carboxylic acid groups (broad SMARTS) is 2. The average Bonchev–Trinajstić information content (AvgIpc) is 4.07. The molecule has 3 rings (SSSR count). The fraction of sp³-hybridized carbons (Fsp3) is 0.653. The molecule has 2 aliphatic rings. The van der Waals surface area contributed by atoms with E-state index in [2.05, 4.69) is 47.9 Å². The lowest BCUT2D eigenvalue weighted by Crippen LogP contribution is -2.61. The Kier molecular flexibility index (Phi) is 24.7. The van der Waals surface area contributed by atoms with Gasteiger partial charge in [0.2, 0.25) is 53.2 Å². The molecule has 10 atom stereocenters. The number of nitrogens with zero attached hydrogens (tertiary/aromatic N) is 1. The van der Waals surface area contributed by atoms with Gasteiger partial charge in [0.1, 0.15) is 54.4 Å². The SMILES string of the molecule is CC(C)[C@H](NC(=O)[C@H](Cc1ccccc1)NC(=O)[C@H](C)NC(=O)[C@@H](NC(=O)[C@@H]1CCCN1C(=O)[C@H](CCC(=O)O)NC(=O)[C@H](C)NC(=O)[C@H](C)NC(=O)[C@@H]1CCCN1)C(C)C)C(=O)N[C@@H](CCCCN)C(=O)O. The van der Waals surface area contributed by atoms with Crippen molar-refractivity contribution in [3.63, 3.8) is 0 Å². The van der Waals surface area contributed by atoms with Crippen LogP contribution in [0, 0.1) is 11.8 Å². The van der Waals surface area contributed by atoms with Gasteiger partial charge < -0.3 is 68.7 Å². The molecular weight excluding hydrogens is 951 g/mol. The molecule has 0 spiro atoms. The number of benzene rings is 1. The van der Waals surface area contributed by atoms with Crippen molar-refractivity contribution in [2.24, 2.45) is 17.6 Å². The first-order valence-electron chi connectivity index (χ1n) is 25.1. The Morgan fingerprint density at radius 2 is 1.15 bits per heavy atom. The quantitative estimate of drug-likeness (QED) is 0.0398. The Morgan fingerprint density at radius 1 is 0.603 bits per heavy atom. The van der Waals surface area contributed by atoms with Crippen LogP contribution in [0.5, 0.6) is 0 Å². The summed E-state index contributed by atoms with van der Waals surface area (Å²) in [5.74, 6) is -9.94. The summed E-state index contributed by atoms with van der Waals surface area (Å²) in [4.78, 5) is 147. The highest BCUT2D eigenvalue weighted by molar-refractivity contribution is 5.98. The number of hydrogen-bond donors (Lipinski definition) is 12. The van der Waals surface area contributed by atoms with Gasteiger partial charge in [0.25, 0.3) is 0 Å². The Balaban J connectivity index is 1.70. The van der Waals surface area contributed by atoms with Gasteiger partial charge in [-0.05, 0) is 103 Å². The van der Waals surface area contributed by atoms with Crippen LogP contribution in [0.3, 0.4) is 0 Å². The van der Waals surface area contributed by atoms with Gasteiger partial charge in [-0.2, -0.15) is 0 Å². The molecule has 0 unspecified atom stereocenters. The second-order valence-corrected chi connectivity index (χ2v) is 19.4. The summed E-state index contributed by atoms with van der Waals surface area (Å²) in [6.07, 6.45) is 2.15. The Morgan fingerprint density at radius 3 is 1.71 bits per heavy atom. The summed E-state index contributed by atoms with van der Waals surface area (Å²) in [7, 11) is 0. The van der Waals surface area contributed by atoms with Crippen molar-refractivity contribution < 1.29 is 63.0 Å². The molecule has 9 amide bonds. The molecule has 73 heavy (non-hydrogen) atoms. The standard InChI is InChI=1S/C49H77N11O13/c1-26(2)38(46(69)54-30(7)42(65)57-35(25-31-15-9-8-10-16-31)44(67)58-39(27(3)4)47(70)56-34(49(72)73)17-11-12-22-50)59-45(68)36-19-14-24-60(36)48(71)33(20-21-37(61)62)55-41(64)29(6)52-40(63)28(5)53-43(66)32-18-13-23-51-32/h8-10,15-16,26-30,32-36,38-39,51H,11-14,17-25,50H2,1-7H3,(H,52,63)(H,53,66)(H,54,69)(H,55,64)(H,56,70)(H,57,65)(H,58,67)(H,59,68)(H,61,62)(H,72,73)/t28-,29-,30-,32-,33-,34-,35-,36-,38-,39-/m0/s1. The number of nitrogens with two attached hydrogens (primary N) is 1. The van der Waals surface area contributed by atoms with E-state index >= 15 is 0 Å². The van der Waals surface area contributed by atoms with Gasteiger partial charge in [-0.3, -0.25) is 47.9 Å². The summed E-state index contributed by atoms with van der Waals surface area (Å²) in [5.41, 5.74) is 6.19. The normalized spacial score (nSPS) is 18.6. The Labute approximate surface area is 426 Å². The number of carbonyl (C=O) groups is 11. The number of carbonyl (C=O) groups excluding carboxylic acids is 9. The van der Waals surface area contributed by atoms with Gasteiger partial charge in [-0.1, -0.05) is 58.0 Å². The smallest absolute Gasteiger partial charge is 0.326 e. The second-order valence-electron chi connectivity index (χ2n) is 19.4. The van der Waals surface area contributed by atoms with Gasteiger partial charge in [0, 0.05) is 19.4 Å². The maximum absolute atomic E-state index is 14.1. The van der Waals surface area contributed by atoms with E-state index in [1.807, 2.05) is 0 Å². The van der Waals surface area contributed by atoms with Crippen molar-refractivity contribution in [3.05, 3.63) is 35.9 Å². The van der Waals surface area contributed by atoms with E-state index < -0.39 is 138 Å². The molecule has 2 saturated heterocycles. The van der Waals surface area contributed by atoms with Gasteiger partial charge in [-0.25, -0.2) is 4.79 Å². The largest absolute Gasteiger partial charge is 0.481 e. The van der Waals surface area contributed by atoms with E-state index in [4.69, 9.17) is 5.73 Å². The van der Waals surface area contributed by atoms with E-state index in [-0.39, 0.29) is 38.1 Å². The molecule has 13 N–H and O–H groups in total. The number of amides is 9. The topological polar surface area (TPSA) is 366 Å². The van der Waals surface area contributed by atoms with Crippen molar-refractivity contribution in [3.8, 4) is 0 Å². The molecule has 24 heteroatoms. The van der Waals surface area contributed by atoms with E-state index in [9.17, 15) is 63.0 Å². The molecule has 406 valence electrons. The summed E-state index contributed by atoms with van der Waals surface area (Å²) < 4.78 is 0. The lowest BCUT2D eigenvalue weighted by molar-refractivity contribution is -0.143. The van der Waals surface area contributed by atoms with Crippen LogP contribution in [-0.4, -0.2) is 160 Å². The molecular formula is C49H77N11O13. The van der Waals surface area contributed by atoms with Crippen LogP contribution < -0.4 is 53.6 Å². The lowest BCUT2D eigenvalue weighted by atomic mass is 10.00. The van der Waals surface area contributed by atoms with E-state index in [1.54, 1.807) is 58.0 Å². The first-order chi connectivity index (χ1) is 34.4. The van der Waals surface area contributed by atoms with Crippen molar-refractivity contribution in [1.29, 1.82) is 0 Å². The molecule has 0 bridgehead atoms. The van der Waals surface area contributed by atoms with Crippen LogP contribution in [0.1, 0.15) is 112 Å². The highest BCUT2D eigenvalue weighted by atomic mass is 16.4. The predicted octanol–water partition coefficient (Wildman–Crippen LogP) is -1.70. The van der Waals surface area contributed by atoms with Crippen LogP contribution >= 0.6 is 0 Å². The third-order valence-corrected chi connectivity index (χ3v) is 12.7. The minimum atomic E-state index is -1.42. The molecule has 2 heterocycles. The number of hydrogen-bond acceptors (Lipinski definition) is 13. The molecule has 0 aromatic heterocycles. The molecule has 0 saturated carbocycles. The van der Waals surface area contributed by atoms with E-state index in [1.165, 1.54) is 25.7 Å². The Hall–Kier alpha value is -6.69. The van der Waals surface area contributed by atoms with Crippen LogP contribution in [0.25, 0.3) is 0 Å². The van der Waals surface area contributed by atoms with Crippen LogP contribution in [0.15, 0.2) is 30.3 Å². The third kappa shape index (κ3) is 19.4. The minimum Gasteiger partial charge on any atom is -0.481 e. The first-order valence-corrected chi connectivity index (χ1v) is 25.1. The molecule has 1 aromatic carbocycles. The van der Waals surface area contributed by atoms with Gasteiger partial charge in [0.15, 0.2) is 0 Å². The van der Waals surface area contributed by atoms with E-state index in [0.717, 1.165) is 6.42 Å². The lowest BCUT2D eigenvalue weighted by Gasteiger charge is -2.31. The van der Waals surface area contributed by atoms with Crippen molar-refractivity contribution in [2.75, 3.05) is 19.6 Å². The van der Waals surface area contributed by atoms with Crippen LogP contribution in [-0.2, 0) is 59.2 Å². The maximum atomic E-state index is 14.1. The summed E-state index contributed by atoms with van der Waals surface area (Å²) in [6.45, 7) is 11.9. The fourth-order valence-corrected chi connectivity index (χ4v) is 8.33. The number of carboxylic acids is 2. The first kappa shape index (κ1) is 60.6. The highest BCUT2D eigenvalue weighted by Crippen LogP contribution is 2.21. The zero-order valence-electron chi connectivity index (χ0n) is 42.9. The van der Waals surface area contributed by atoms with E-state index in [0.29, 0.717) is 44.3 Å². The average molecular weight is 1030 g/mol. The number of unbranched alkanes of at least 4 members (excludes halogenated alkanes) is 1. The predicted molar refractivity (Wildman–Crippen MR) is 265 cm³/mol. The summed E-state index contributed by atoms with van der Waals surface area (Å²) in [6, 6.07) is -2.74. The monoisotopic (exact) mass is 1030 g/mol. The molecule has 1 aromatic rings. The van der Waals surface area contributed by atoms with Gasteiger partial charge >= 0.3 is 11.9 Å². The van der Waals surface area contributed by atoms with Crippen molar-refractivity contribution >= 4 is 65.1 Å². The van der Waals surface area contributed by atoms with Gasteiger partial charge in [0.05, 0.1) is 6.04 Å². The molecule has 0 aliphatic carbocycles. The molecule has 2 fully saturated rings. The number of rotatable bonds is 29. The van der Waals surface area contributed by atoms with Crippen molar-refractivity contribution in [1.82, 2.24) is 52.8 Å². The minimum absolute atomic E-state index is 0.0290. The maximum Gasteiger partial charge on any atom is 0.326 e. The Bertz CT molecular complexity index is 2100. The third-order valence-electron chi connectivity index (χ3n) is 12.7. The molecule has 2 aliphatic heterocycles. The van der Waals surface area contributed by atoms with Crippen LogP contribution in [0.2, 0.25) is 0 Å². The zero-order chi connectivity index (χ0) is 54.5. The number of nitrogens with one attached hydrogen (secondary N) is 9. The molecule has 0 radical (unpaired) electrons. The van der Waals surface area contributed by atoms with Crippen LogP contribution in [0.4, 0.5) is 0 Å². The fourth-order valence-electron chi connectivity index (χ4n) is 8.33. The zero-order valence-corrected chi connectivity index (χ0v) is 42.9. The second kappa shape index (κ2) is 29.7. The molecule has 24 nitrogen and oxygen atoms in total. The number of aliphatic carboxylic acids is 2.